The fourth-order valence-electron chi connectivity index (χ4n) is 3.74. The Morgan fingerprint density at radius 3 is 2.58 bits per heavy atom. The van der Waals surface area contributed by atoms with Crippen LogP contribution in [-0.2, 0) is 10.6 Å². The van der Waals surface area contributed by atoms with Gasteiger partial charge in [-0.1, -0.05) is 29.4 Å². The highest BCUT2D eigenvalue weighted by molar-refractivity contribution is 5.97. The molecule has 0 spiro atoms. The van der Waals surface area contributed by atoms with E-state index in [-0.39, 0.29) is 5.82 Å². The number of likely N-dealkylation sites (N-methyl/N-ethyl adjacent to an activating group) is 1. The fraction of sp³-hybridized carbons (Fsp3) is 0.250. The molecule has 0 aliphatic carbocycles. The molecule has 1 atom stereocenters. The number of methoxy groups -OCH3 is 1. The molecular weight excluding hydrogens is 395 g/mol. The van der Waals surface area contributed by atoms with E-state index in [4.69, 9.17) is 9.57 Å². The maximum absolute atomic E-state index is 13.4. The summed E-state index contributed by atoms with van der Waals surface area (Å²) in [6, 6.07) is 12.3. The van der Waals surface area contributed by atoms with Gasteiger partial charge in [0.05, 0.1) is 24.8 Å². The molecule has 0 amide bonds. The molecule has 160 valence electrons. The Hall–Kier alpha value is -3.61. The molecule has 2 heterocycles. The second kappa shape index (κ2) is 8.26. The molecule has 1 aliphatic heterocycles. The van der Waals surface area contributed by atoms with Crippen LogP contribution in [0.5, 0.6) is 5.75 Å². The van der Waals surface area contributed by atoms with Gasteiger partial charge >= 0.3 is 0 Å². The minimum Gasteiger partial charge on any atom is -0.495 e. The van der Waals surface area contributed by atoms with E-state index in [1.807, 2.05) is 66.8 Å². The summed E-state index contributed by atoms with van der Waals surface area (Å²) in [6.07, 6.45) is 7.59. The first-order chi connectivity index (χ1) is 14.9. The Bertz CT molecular complexity index is 1140. The lowest BCUT2D eigenvalue weighted by Crippen LogP contribution is -2.43. The summed E-state index contributed by atoms with van der Waals surface area (Å²) in [6.45, 7) is 6.59. The third-order valence-corrected chi connectivity index (χ3v) is 5.42. The summed E-state index contributed by atoms with van der Waals surface area (Å²) in [5.41, 5.74) is 2.87. The molecule has 3 aromatic rings. The average Bonchev–Trinajstić information content (AvgIpc) is 3.35. The molecule has 1 aliphatic rings. The SMILES string of the molecule is CCN1C(/C=C/c2ccc(-n3cnc(C)c3)c(OC)c2)=NOC1(C)c1ccc(F)cc1. The first kappa shape index (κ1) is 20.7. The number of halogens is 1. The van der Waals surface area contributed by atoms with Crippen LogP contribution in [0.4, 0.5) is 4.39 Å². The number of imidazole rings is 1. The lowest BCUT2D eigenvalue weighted by molar-refractivity contribution is -0.0886. The summed E-state index contributed by atoms with van der Waals surface area (Å²) < 4.78 is 20.9. The fourth-order valence-corrected chi connectivity index (χ4v) is 3.74. The van der Waals surface area contributed by atoms with Gasteiger partial charge in [-0.2, -0.15) is 0 Å². The van der Waals surface area contributed by atoms with Crippen molar-refractivity contribution in [1.82, 2.24) is 14.5 Å². The third-order valence-electron chi connectivity index (χ3n) is 5.42. The van der Waals surface area contributed by atoms with Crippen LogP contribution < -0.4 is 4.74 Å². The zero-order chi connectivity index (χ0) is 22.0. The molecule has 2 aromatic carbocycles. The maximum Gasteiger partial charge on any atom is 0.234 e. The van der Waals surface area contributed by atoms with Crippen molar-refractivity contribution in [1.29, 1.82) is 0 Å². The Labute approximate surface area is 181 Å². The van der Waals surface area contributed by atoms with Crippen molar-refractivity contribution in [2.24, 2.45) is 5.16 Å². The standard InChI is InChI=1S/C24H25FN4O2/c1-5-29-23(27-31-24(29,3)19-8-10-20(25)11-9-19)13-7-18-6-12-21(22(14-18)30-4)28-15-17(2)26-16-28/h6-16H,5H2,1-4H3/b13-7+. The molecule has 0 N–H and O–H groups in total. The lowest BCUT2D eigenvalue weighted by atomic mass is 10.0. The van der Waals surface area contributed by atoms with E-state index in [9.17, 15) is 4.39 Å². The van der Waals surface area contributed by atoms with Gasteiger partial charge in [-0.15, -0.1) is 0 Å². The highest BCUT2D eigenvalue weighted by Gasteiger charge is 2.41. The van der Waals surface area contributed by atoms with Crippen molar-refractivity contribution in [3.63, 3.8) is 0 Å². The van der Waals surface area contributed by atoms with E-state index in [1.54, 1.807) is 25.6 Å². The Morgan fingerprint density at radius 1 is 1.16 bits per heavy atom. The number of hydrogen-bond donors (Lipinski definition) is 0. The summed E-state index contributed by atoms with van der Waals surface area (Å²) >= 11 is 0. The number of benzene rings is 2. The van der Waals surface area contributed by atoms with E-state index < -0.39 is 5.72 Å². The summed E-state index contributed by atoms with van der Waals surface area (Å²) in [4.78, 5) is 12.1. The van der Waals surface area contributed by atoms with Crippen molar-refractivity contribution >= 4 is 11.9 Å². The Balaban J connectivity index is 1.57. The number of nitrogens with zero attached hydrogens (tertiary/aromatic N) is 4. The number of hydrogen-bond acceptors (Lipinski definition) is 5. The highest BCUT2D eigenvalue weighted by atomic mass is 19.1. The number of aromatic nitrogens is 2. The molecule has 1 unspecified atom stereocenters. The van der Waals surface area contributed by atoms with Gasteiger partial charge in [0.15, 0.2) is 5.84 Å². The van der Waals surface area contributed by atoms with Crippen molar-refractivity contribution in [2.75, 3.05) is 13.7 Å². The molecule has 7 heteroatoms. The molecule has 0 saturated carbocycles. The largest absolute Gasteiger partial charge is 0.495 e. The molecule has 6 nitrogen and oxygen atoms in total. The van der Waals surface area contributed by atoms with Gasteiger partial charge in [-0.05, 0) is 49.8 Å². The van der Waals surface area contributed by atoms with Gasteiger partial charge in [-0.25, -0.2) is 9.37 Å². The minimum atomic E-state index is -0.789. The molecular formula is C24H25FN4O2. The minimum absolute atomic E-state index is 0.280. The number of amidine groups is 1. The van der Waals surface area contributed by atoms with Crippen LogP contribution >= 0.6 is 0 Å². The Morgan fingerprint density at radius 2 is 1.94 bits per heavy atom. The number of rotatable bonds is 6. The van der Waals surface area contributed by atoms with E-state index >= 15 is 0 Å². The molecule has 0 saturated heterocycles. The van der Waals surface area contributed by atoms with E-state index in [2.05, 4.69) is 10.1 Å². The van der Waals surface area contributed by atoms with Crippen molar-refractivity contribution in [3.05, 3.63) is 83.7 Å². The summed E-state index contributed by atoms with van der Waals surface area (Å²) in [7, 11) is 1.65. The summed E-state index contributed by atoms with van der Waals surface area (Å²) in [5, 5.41) is 4.28. The van der Waals surface area contributed by atoms with Crippen LogP contribution in [0.3, 0.4) is 0 Å². The maximum atomic E-state index is 13.4. The van der Waals surface area contributed by atoms with Gasteiger partial charge < -0.3 is 19.0 Å². The molecule has 1 aromatic heterocycles. The lowest BCUT2D eigenvalue weighted by Gasteiger charge is -2.33. The highest BCUT2D eigenvalue weighted by Crippen LogP contribution is 2.35. The van der Waals surface area contributed by atoms with Crippen molar-refractivity contribution in [2.45, 2.75) is 26.5 Å². The second-order valence-corrected chi connectivity index (χ2v) is 7.46. The molecule has 0 bridgehead atoms. The first-order valence-electron chi connectivity index (χ1n) is 10.1. The van der Waals surface area contributed by atoms with Gasteiger partial charge in [0.25, 0.3) is 0 Å². The van der Waals surface area contributed by atoms with E-state index in [0.717, 1.165) is 28.3 Å². The van der Waals surface area contributed by atoms with Gasteiger partial charge in [0.2, 0.25) is 5.72 Å². The zero-order valence-corrected chi connectivity index (χ0v) is 18.0. The second-order valence-electron chi connectivity index (χ2n) is 7.46. The zero-order valence-electron chi connectivity index (χ0n) is 18.0. The average molecular weight is 420 g/mol. The topological polar surface area (TPSA) is 51.9 Å². The van der Waals surface area contributed by atoms with Crippen LogP contribution in [0, 0.1) is 12.7 Å². The molecule has 31 heavy (non-hydrogen) atoms. The van der Waals surface area contributed by atoms with E-state index in [1.165, 1.54) is 12.1 Å². The van der Waals surface area contributed by atoms with Crippen molar-refractivity contribution < 1.29 is 14.0 Å². The van der Waals surface area contributed by atoms with Gasteiger partial charge in [-0.3, -0.25) is 0 Å². The summed E-state index contributed by atoms with van der Waals surface area (Å²) in [5.74, 6) is 1.16. The predicted molar refractivity (Wildman–Crippen MR) is 119 cm³/mol. The van der Waals surface area contributed by atoms with Crippen LogP contribution in [0.2, 0.25) is 0 Å². The monoisotopic (exact) mass is 420 g/mol. The molecule has 0 fully saturated rings. The van der Waals surface area contributed by atoms with Crippen LogP contribution in [0.1, 0.15) is 30.7 Å². The van der Waals surface area contributed by atoms with Crippen molar-refractivity contribution in [3.8, 4) is 11.4 Å². The Kier molecular flexibility index (Phi) is 5.50. The third kappa shape index (κ3) is 3.91. The van der Waals surface area contributed by atoms with Crippen LogP contribution in [-0.4, -0.2) is 33.9 Å². The quantitative estimate of drug-likeness (QED) is 0.570. The molecule has 0 radical (unpaired) electrons. The molecule has 4 rings (SSSR count). The van der Waals surface area contributed by atoms with Gasteiger partial charge in [0.1, 0.15) is 11.6 Å². The number of oxime groups is 1. The van der Waals surface area contributed by atoms with E-state index in [0.29, 0.717) is 12.4 Å². The predicted octanol–water partition coefficient (Wildman–Crippen LogP) is 4.88. The smallest absolute Gasteiger partial charge is 0.234 e. The number of ether oxygens (including phenoxy) is 1. The van der Waals surface area contributed by atoms with Crippen LogP contribution in [0.15, 0.2) is 66.2 Å². The number of aryl methyl sites for hydroxylation is 1. The first-order valence-corrected chi connectivity index (χ1v) is 10.1. The normalized spacial score (nSPS) is 18.4. The van der Waals surface area contributed by atoms with Crippen LogP contribution in [0.25, 0.3) is 11.8 Å². The van der Waals surface area contributed by atoms with Gasteiger partial charge in [0, 0.05) is 25.2 Å².